The number of carbonyl (C=O) groups is 1. The van der Waals surface area contributed by atoms with Crippen molar-refractivity contribution in [3.05, 3.63) is 114 Å². The number of alkyl halides is 2. The number of hydrogen-bond donors (Lipinski definition) is 1. The van der Waals surface area contributed by atoms with Gasteiger partial charge in [-0.2, -0.15) is 15.3 Å². The number of aromatic nitrogens is 7. The largest absolute Gasteiger partial charge is 0.494 e. The molecule has 0 bridgehead atoms. The highest BCUT2D eigenvalue weighted by Gasteiger charge is 2.52. The van der Waals surface area contributed by atoms with E-state index in [-0.39, 0.29) is 42.8 Å². The Morgan fingerprint density at radius 3 is 1.71 bits per heavy atom. The fourth-order valence-electron chi connectivity index (χ4n) is 11.1. The zero-order chi connectivity index (χ0) is 66.3. The molecule has 0 radical (unpaired) electrons. The molecule has 1 aliphatic carbocycles. The van der Waals surface area contributed by atoms with Gasteiger partial charge in [-0.1, -0.05) is 61.7 Å². The van der Waals surface area contributed by atoms with Crippen molar-refractivity contribution in [1.29, 1.82) is 0 Å². The molecule has 13 rings (SSSR count). The third kappa shape index (κ3) is 18.3. The molecule has 7 heterocycles. The highest BCUT2D eigenvalue weighted by Crippen LogP contribution is 2.45. The van der Waals surface area contributed by atoms with Gasteiger partial charge in [0.1, 0.15) is 0 Å². The summed E-state index contributed by atoms with van der Waals surface area (Å²) in [5.74, 6) is 3.78. The molecular weight excluding hydrogens is 1480 g/mol. The number of halogens is 7. The van der Waals surface area contributed by atoms with Crippen molar-refractivity contribution in [3.63, 3.8) is 0 Å². The number of piperazine rings is 2. The zero-order valence-corrected chi connectivity index (χ0v) is 63.6. The van der Waals surface area contributed by atoms with Gasteiger partial charge in [0, 0.05) is 140 Å². The molecule has 502 valence electrons. The Hall–Kier alpha value is -4.31. The normalized spacial score (nSPS) is 16.7. The number of ether oxygens (including phenoxy) is 2. The summed E-state index contributed by atoms with van der Waals surface area (Å²) < 4.78 is 33.6. The van der Waals surface area contributed by atoms with Crippen molar-refractivity contribution in [2.45, 2.75) is 77.8 Å². The van der Waals surface area contributed by atoms with E-state index in [4.69, 9.17) is 64.4 Å². The van der Waals surface area contributed by atoms with Crippen LogP contribution in [0.4, 0.5) is 17.5 Å². The number of benzene rings is 5. The van der Waals surface area contributed by atoms with Crippen molar-refractivity contribution >= 4 is 185 Å². The Morgan fingerprint density at radius 1 is 0.720 bits per heavy atom. The molecule has 27 heteroatoms. The summed E-state index contributed by atoms with van der Waals surface area (Å²) in [5.41, 5.74) is 14.1. The molecule has 3 aliphatic heterocycles. The van der Waals surface area contributed by atoms with Gasteiger partial charge in [0.25, 0.3) is 0 Å². The first kappa shape index (κ1) is 74.5. The van der Waals surface area contributed by atoms with Crippen LogP contribution in [-0.4, -0.2) is 184 Å². The summed E-state index contributed by atoms with van der Waals surface area (Å²) >= 11 is 29.0. The molecule has 3 saturated heterocycles. The van der Waals surface area contributed by atoms with Crippen LogP contribution in [0, 0.1) is 6.92 Å². The van der Waals surface area contributed by atoms with Gasteiger partial charge in [-0.05, 0) is 175 Å². The number of aryl methyl sites for hydroxylation is 4. The van der Waals surface area contributed by atoms with Crippen LogP contribution in [0.25, 0.3) is 54.1 Å². The summed E-state index contributed by atoms with van der Waals surface area (Å²) in [5, 5.41) is 17.7. The van der Waals surface area contributed by atoms with E-state index in [1.165, 1.54) is 16.3 Å². The number of likely N-dealkylation sites (N-methyl/N-ethyl adjacent to an activating group) is 2. The molecule has 93 heavy (non-hydrogen) atoms. The van der Waals surface area contributed by atoms with Gasteiger partial charge >= 0.3 is 13.1 Å². The molecule has 2 N–H and O–H groups in total. The molecule has 5 aromatic carbocycles. The Bertz CT molecular complexity index is 3960. The van der Waals surface area contributed by atoms with Crippen molar-refractivity contribution in [2.75, 3.05) is 120 Å². The lowest BCUT2D eigenvalue weighted by molar-refractivity contribution is -0.158. The second-order valence-corrected chi connectivity index (χ2v) is 29.9. The molecule has 1 saturated carbocycles. The van der Waals surface area contributed by atoms with Crippen molar-refractivity contribution in [2.24, 2.45) is 21.1 Å². The fourth-order valence-corrected chi connectivity index (χ4v) is 14.0. The van der Waals surface area contributed by atoms with Crippen molar-refractivity contribution in [3.8, 4) is 11.1 Å². The Morgan fingerprint density at radius 2 is 1.20 bits per heavy atom. The average molecular weight is 1560 g/mol. The predicted molar refractivity (Wildman–Crippen MR) is 399 cm³/mol. The molecule has 0 spiro atoms. The third-order valence-corrected chi connectivity index (χ3v) is 20.3. The maximum Gasteiger partial charge on any atom is 0.494 e. The first-order valence-corrected chi connectivity index (χ1v) is 35.6. The second-order valence-electron chi connectivity index (χ2n) is 24.6. The Labute approximate surface area is 597 Å². The molecule has 4 fully saturated rings. The summed E-state index contributed by atoms with van der Waals surface area (Å²) in [4.78, 5) is 29.0. The van der Waals surface area contributed by atoms with E-state index in [0.717, 1.165) is 157 Å². The smallest absolute Gasteiger partial charge is 0.464 e. The van der Waals surface area contributed by atoms with Gasteiger partial charge in [-0.25, -0.2) is 9.78 Å². The van der Waals surface area contributed by atoms with Gasteiger partial charge in [0.05, 0.1) is 50.7 Å². The molecular formula is C66H85BBr3Cl4N13O5S. The number of nitrogens with two attached hydrogens (primary N) is 1. The second kappa shape index (κ2) is 32.8. The van der Waals surface area contributed by atoms with Crippen LogP contribution in [0.3, 0.4) is 0 Å². The molecule has 4 aliphatic rings. The van der Waals surface area contributed by atoms with Crippen LogP contribution in [0.2, 0.25) is 5.02 Å². The van der Waals surface area contributed by atoms with Gasteiger partial charge in [-0.3, -0.25) is 14.0 Å². The number of thiazole rings is 1. The number of fused-ring (bicyclic) bond motifs is 4. The fraction of sp³-hybridized carbons (Fsp3) is 0.470. The lowest BCUT2D eigenvalue weighted by Gasteiger charge is -2.32. The van der Waals surface area contributed by atoms with E-state index < -0.39 is 6.10 Å². The highest BCUT2D eigenvalue weighted by atomic mass is 79.9. The van der Waals surface area contributed by atoms with E-state index in [2.05, 4.69) is 166 Å². The number of anilines is 3. The van der Waals surface area contributed by atoms with Gasteiger partial charge < -0.3 is 49.0 Å². The molecule has 18 nitrogen and oxygen atoms in total. The standard InChI is InChI=1S/C21H19BrClNO3S.C19H29BN4O2.C13H17BrN4.C8H8BrN3.C5H11Cl2N.ClH/c1-3-26-20(25)18(27-14-8-9-14)16-11(2)10-15-19(28-21(22)24-15)17(16)12-4-6-13(23)7-5-12;1-18(2)19(3,4)26-20(25-18)14-7-8-16-15(13-14)17(21-23(16)6)24-11-9-22(5)10-12-24;1-16-5-7-18(8-6-16)13-11-9-10(14)3-4-12(11)17(2)15-13;1-12-7-3-2-5(9)4-6(7)8(10)11-12;1-8(4-2-6)5-3-7;/h4-7,10,14,18H,3,8-9H2,1-2H3;7-8,13H,9-12H2,1-6H3;3-4,9H,5-8H2,1-2H3;2-4H,1H3,(H2,10,11);2-5H2,1H3;1H/t18-;;;;;/m0...../s1. The van der Waals surface area contributed by atoms with Crippen molar-refractivity contribution < 1.29 is 23.6 Å². The molecule has 9 aromatic rings. The summed E-state index contributed by atoms with van der Waals surface area (Å²) in [6.07, 6.45) is 1.29. The van der Waals surface area contributed by atoms with E-state index >= 15 is 0 Å². The monoisotopic (exact) mass is 1560 g/mol. The summed E-state index contributed by atoms with van der Waals surface area (Å²) in [6.45, 7) is 22.8. The topological polar surface area (TPSA) is 163 Å². The number of nitrogens with zero attached hydrogens (tertiary/aromatic N) is 12. The highest BCUT2D eigenvalue weighted by molar-refractivity contribution is 9.11. The number of hydrogen-bond acceptors (Lipinski definition) is 16. The minimum atomic E-state index is -0.761. The first-order chi connectivity index (χ1) is 43.8. The van der Waals surface area contributed by atoms with Crippen molar-refractivity contribution in [1.82, 2.24) is 49.0 Å². The number of esters is 1. The Kier molecular flexibility index (Phi) is 26.3. The zero-order valence-electron chi connectivity index (χ0n) is 55.0. The maximum atomic E-state index is 12.8. The number of carbonyl (C=O) groups excluding carboxylic acids is 1. The molecule has 0 amide bonds. The van der Waals surface area contributed by atoms with Crippen LogP contribution in [-0.2, 0) is 44.7 Å². The van der Waals surface area contributed by atoms with E-state index in [1.807, 2.05) is 99.9 Å². The predicted octanol–water partition coefficient (Wildman–Crippen LogP) is 13.9. The van der Waals surface area contributed by atoms with Crippen LogP contribution in [0.1, 0.15) is 64.7 Å². The molecule has 1 atom stereocenters. The minimum absolute atomic E-state index is 0. The van der Waals surface area contributed by atoms with Crippen LogP contribution in [0.5, 0.6) is 0 Å². The van der Waals surface area contributed by atoms with E-state index in [0.29, 0.717) is 29.2 Å². The van der Waals surface area contributed by atoms with Crippen LogP contribution >= 0.6 is 106 Å². The van der Waals surface area contributed by atoms with Gasteiger partial charge in [0.2, 0.25) is 0 Å². The Balaban J connectivity index is 0.000000158. The lowest BCUT2D eigenvalue weighted by atomic mass is 9.78. The van der Waals surface area contributed by atoms with E-state index in [9.17, 15) is 4.79 Å². The van der Waals surface area contributed by atoms with Crippen LogP contribution in [0.15, 0.2) is 97.8 Å². The number of nitrogen functional groups attached to an aromatic ring is 1. The van der Waals surface area contributed by atoms with Crippen LogP contribution < -0.4 is 21.0 Å². The molecule has 4 aromatic heterocycles. The van der Waals surface area contributed by atoms with E-state index in [1.54, 1.807) is 16.0 Å². The molecule has 0 unspecified atom stereocenters. The average Bonchev–Trinajstić information content (AvgIpc) is 1.73. The maximum absolute atomic E-state index is 12.8. The SMILES string of the molecule is CCOC(=O)[C@@H](OC1CC1)c1c(C)cc2nc(Br)sc2c1-c1ccc(Cl)cc1.CN(CCCl)CCCl.CN1CCN(c2nn(C)c3ccc(B4OC(C)(C)C(C)(C)O4)cc23)CC1.CN1CCN(c2nn(C)c3ccc(Br)cc23)CC1.Cl.Cn1nc(N)c2cc(Br)ccc21. The van der Waals surface area contributed by atoms with Gasteiger partial charge in [0.15, 0.2) is 27.5 Å². The number of rotatable bonds is 13. The minimum Gasteiger partial charge on any atom is -0.464 e. The lowest BCUT2D eigenvalue weighted by Crippen LogP contribution is -2.44. The third-order valence-electron chi connectivity index (χ3n) is 17.2. The summed E-state index contributed by atoms with van der Waals surface area (Å²) in [7, 11) is 11.9. The van der Waals surface area contributed by atoms with Gasteiger partial charge in [-0.15, -0.1) is 46.9 Å². The summed E-state index contributed by atoms with van der Waals surface area (Å²) in [6, 6.07) is 28.3. The first-order valence-electron chi connectivity index (χ1n) is 31.0. The quantitative estimate of drug-likeness (QED) is 0.0659.